The van der Waals surface area contributed by atoms with Gasteiger partial charge in [0.15, 0.2) is 0 Å². The van der Waals surface area contributed by atoms with Crippen LogP contribution in [0.4, 0.5) is 8.78 Å². The molecule has 1 aliphatic heterocycles. The molecule has 0 radical (unpaired) electrons. The summed E-state index contributed by atoms with van der Waals surface area (Å²) in [6.45, 7) is 4.16. The smallest absolute Gasteiger partial charge is 0.314 e. The predicted octanol–water partition coefficient (Wildman–Crippen LogP) is 3.89. The fourth-order valence-corrected chi connectivity index (χ4v) is 3.78. The van der Waals surface area contributed by atoms with Gasteiger partial charge >= 0.3 is 5.97 Å². The summed E-state index contributed by atoms with van der Waals surface area (Å²) < 4.78 is 38.0. The number of benzene rings is 1. The van der Waals surface area contributed by atoms with Crippen LogP contribution in [0.25, 0.3) is 0 Å². The molecule has 1 aromatic carbocycles. The summed E-state index contributed by atoms with van der Waals surface area (Å²) in [5.41, 5.74) is -0.420. The zero-order valence-electron chi connectivity index (χ0n) is 16.0. The standard InChI is InChI=1S/C21H23F2NO4/c1-3-27-20(26)21(12-15-5-6-16(22)11-18(15)23)8-4-9-24(13-21)19(25)17-7-10-28-14(17)2/h5-7,10-11H,3-4,8-9,12-13H2,1-2H3/t21-/m1/s1. The number of ether oxygens (including phenoxy) is 1. The van der Waals surface area contributed by atoms with Crippen molar-refractivity contribution in [3.05, 3.63) is 59.1 Å². The number of piperidine rings is 1. The van der Waals surface area contributed by atoms with Gasteiger partial charge in [-0.2, -0.15) is 0 Å². The predicted molar refractivity (Wildman–Crippen MR) is 97.7 cm³/mol. The van der Waals surface area contributed by atoms with Crippen LogP contribution in [-0.4, -0.2) is 36.5 Å². The van der Waals surface area contributed by atoms with E-state index in [1.165, 1.54) is 12.3 Å². The molecule has 5 nitrogen and oxygen atoms in total. The molecule has 2 heterocycles. The van der Waals surface area contributed by atoms with Crippen molar-refractivity contribution < 1.29 is 27.5 Å². The second kappa shape index (κ2) is 8.12. The summed E-state index contributed by atoms with van der Waals surface area (Å²) >= 11 is 0. The molecule has 0 spiro atoms. The summed E-state index contributed by atoms with van der Waals surface area (Å²) in [5.74, 6) is -1.60. The van der Waals surface area contributed by atoms with Crippen molar-refractivity contribution in [3.63, 3.8) is 0 Å². The highest BCUT2D eigenvalue weighted by Crippen LogP contribution is 2.36. The monoisotopic (exact) mass is 391 g/mol. The number of carbonyl (C=O) groups is 2. The molecule has 1 atom stereocenters. The number of halogens is 2. The van der Waals surface area contributed by atoms with Crippen LogP contribution in [0.15, 0.2) is 34.9 Å². The van der Waals surface area contributed by atoms with E-state index in [9.17, 15) is 18.4 Å². The first-order chi connectivity index (χ1) is 13.4. The quantitative estimate of drug-likeness (QED) is 0.726. The Hall–Kier alpha value is -2.70. The molecule has 0 aliphatic carbocycles. The van der Waals surface area contributed by atoms with Gasteiger partial charge in [-0.05, 0) is 50.8 Å². The van der Waals surface area contributed by atoms with Gasteiger partial charge in [-0.15, -0.1) is 0 Å². The Balaban J connectivity index is 1.91. The average Bonchev–Trinajstić information content (AvgIpc) is 3.10. The molecule has 1 saturated heterocycles. The van der Waals surface area contributed by atoms with Crippen molar-refractivity contribution in [2.75, 3.05) is 19.7 Å². The van der Waals surface area contributed by atoms with Crippen molar-refractivity contribution in [2.24, 2.45) is 5.41 Å². The third-order valence-electron chi connectivity index (χ3n) is 5.21. The lowest BCUT2D eigenvalue weighted by Crippen LogP contribution is -2.51. The minimum atomic E-state index is -1.08. The minimum Gasteiger partial charge on any atom is -0.469 e. The number of likely N-dealkylation sites (tertiary alicyclic amines) is 1. The number of carbonyl (C=O) groups excluding carboxylic acids is 2. The van der Waals surface area contributed by atoms with Gasteiger partial charge < -0.3 is 14.1 Å². The Labute approximate surface area is 162 Å². The summed E-state index contributed by atoms with van der Waals surface area (Å²) in [6, 6.07) is 4.90. The third-order valence-corrected chi connectivity index (χ3v) is 5.21. The van der Waals surface area contributed by atoms with Crippen molar-refractivity contribution in [1.29, 1.82) is 0 Å². The molecule has 1 aliphatic rings. The molecule has 1 fully saturated rings. The van der Waals surface area contributed by atoms with Gasteiger partial charge in [0.1, 0.15) is 17.4 Å². The summed E-state index contributed by atoms with van der Waals surface area (Å²) in [5, 5.41) is 0. The Morgan fingerprint density at radius 1 is 1.29 bits per heavy atom. The van der Waals surface area contributed by atoms with E-state index in [0.717, 1.165) is 12.1 Å². The second-order valence-corrected chi connectivity index (χ2v) is 7.13. The van der Waals surface area contributed by atoms with E-state index in [1.54, 1.807) is 24.8 Å². The molecule has 0 saturated carbocycles. The highest BCUT2D eigenvalue weighted by atomic mass is 19.1. The van der Waals surface area contributed by atoms with Gasteiger partial charge in [0.25, 0.3) is 5.91 Å². The molecule has 0 unspecified atom stereocenters. The molecule has 0 N–H and O–H groups in total. The molecule has 150 valence electrons. The molecular weight excluding hydrogens is 368 g/mol. The maximum absolute atomic E-state index is 14.3. The van der Waals surface area contributed by atoms with Crippen molar-refractivity contribution in [3.8, 4) is 0 Å². The first kappa shape index (κ1) is 20.0. The third kappa shape index (κ3) is 3.93. The first-order valence-corrected chi connectivity index (χ1v) is 9.31. The minimum absolute atomic E-state index is 0.0338. The lowest BCUT2D eigenvalue weighted by Gasteiger charge is -2.41. The second-order valence-electron chi connectivity index (χ2n) is 7.13. The number of furan rings is 1. The van der Waals surface area contributed by atoms with Crippen LogP contribution in [0.3, 0.4) is 0 Å². The fourth-order valence-electron chi connectivity index (χ4n) is 3.78. The Morgan fingerprint density at radius 3 is 2.71 bits per heavy atom. The van der Waals surface area contributed by atoms with Gasteiger partial charge in [-0.3, -0.25) is 9.59 Å². The molecular formula is C21H23F2NO4. The summed E-state index contributed by atoms with van der Waals surface area (Å²) in [4.78, 5) is 27.3. The van der Waals surface area contributed by atoms with Crippen LogP contribution in [0, 0.1) is 24.0 Å². The number of hydrogen-bond donors (Lipinski definition) is 0. The Kier molecular flexibility index (Phi) is 5.82. The zero-order chi connectivity index (χ0) is 20.3. The highest BCUT2D eigenvalue weighted by Gasteiger charge is 2.45. The maximum atomic E-state index is 14.3. The lowest BCUT2D eigenvalue weighted by atomic mass is 9.74. The van der Waals surface area contributed by atoms with E-state index in [0.29, 0.717) is 30.7 Å². The number of aryl methyl sites for hydroxylation is 1. The molecule has 2 aromatic rings. The number of esters is 1. The molecule has 0 bridgehead atoms. The van der Waals surface area contributed by atoms with Crippen molar-refractivity contribution in [2.45, 2.75) is 33.1 Å². The molecule has 7 heteroatoms. The normalized spacial score (nSPS) is 19.5. The van der Waals surface area contributed by atoms with Crippen LogP contribution < -0.4 is 0 Å². The average molecular weight is 391 g/mol. The SMILES string of the molecule is CCOC(=O)[C@@]1(Cc2ccc(F)cc2F)CCCN(C(=O)c2ccoc2C)C1. The number of amides is 1. The van der Waals surface area contributed by atoms with Crippen molar-refractivity contribution in [1.82, 2.24) is 4.90 Å². The van der Waals surface area contributed by atoms with Gasteiger partial charge in [0.05, 0.1) is 23.8 Å². The van der Waals surface area contributed by atoms with E-state index in [1.807, 2.05) is 0 Å². The van der Waals surface area contributed by atoms with E-state index in [-0.39, 0.29) is 31.0 Å². The highest BCUT2D eigenvalue weighted by molar-refractivity contribution is 5.95. The zero-order valence-corrected chi connectivity index (χ0v) is 16.0. The van der Waals surface area contributed by atoms with Gasteiger partial charge in [-0.25, -0.2) is 8.78 Å². The number of hydrogen-bond acceptors (Lipinski definition) is 4. The van der Waals surface area contributed by atoms with Gasteiger partial charge in [0.2, 0.25) is 0 Å². The maximum Gasteiger partial charge on any atom is 0.314 e. The van der Waals surface area contributed by atoms with Gasteiger partial charge in [-0.1, -0.05) is 6.07 Å². The Morgan fingerprint density at radius 2 is 2.07 bits per heavy atom. The van der Waals surface area contributed by atoms with Gasteiger partial charge in [0, 0.05) is 19.2 Å². The largest absolute Gasteiger partial charge is 0.469 e. The molecule has 3 rings (SSSR count). The van der Waals surface area contributed by atoms with E-state index in [4.69, 9.17) is 9.15 Å². The fraction of sp³-hybridized carbons (Fsp3) is 0.429. The van der Waals surface area contributed by atoms with Crippen LogP contribution in [0.1, 0.15) is 41.4 Å². The topological polar surface area (TPSA) is 59.8 Å². The van der Waals surface area contributed by atoms with Crippen LogP contribution in [0.5, 0.6) is 0 Å². The van der Waals surface area contributed by atoms with E-state index >= 15 is 0 Å². The number of nitrogens with zero attached hydrogens (tertiary/aromatic N) is 1. The van der Waals surface area contributed by atoms with E-state index < -0.39 is 23.0 Å². The summed E-state index contributed by atoms with van der Waals surface area (Å²) in [7, 11) is 0. The number of rotatable bonds is 5. The lowest BCUT2D eigenvalue weighted by molar-refractivity contribution is -0.158. The van der Waals surface area contributed by atoms with Crippen molar-refractivity contribution >= 4 is 11.9 Å². The Bertz CT molecular complexity index is 879. The molecule has 1 amide bonds. The van der Waals surface area contributed by atoms with Crippen LogP contribution in [0.2, 0.25) is 0 Å². The first-order valence-electron chi connectivity index (χ1n) is 9.31. The summed E-state index contributed by atoms with van der Waals surface area (Å²) in [6.07, 6.45) is 2.51. The van der Waals surface area contributed by atoms with Crippen LogP contribution >= 0.6 is 0 Å². The molecule has 1 aromatic heterocycles. The van der Waals surface area contributed by atoms with E-state index in [2.05, 4.69) is 0 Å². The van der Waals surface area contributed by atoms with Crippen LogP contribution in [-0.2, 0) is 16.0 Å². The molecule has 28 heavy (non-hydrogen) atoms.